The minimum Gasteiger partial charge on any atom is -0.330 e. The Hall–Kier alpha value is -2.31. The quantitative estimate of drug-likeness (QED) is 0.850. The summed E-state index contributed by atoms with van der Waals surface area (Å²) in [5.41, 5.74) is 0.932. The molecule has 1 saturated heterocycles. The van der Waals surface area contributed by atoms with Gasteiger partial charge in [-0.25, -0.2) is 18.4 Å². The van der Waals surface area contributed by atoms with E-state index in [-0.39, 0.29) is 36.7 Å². The molecule has 1 amide bonds. The molecule has 0 aliphatic carbocycles. The minimum atomic E-state index is -1.26. The molecule has 2 aliphatic rings. The summed E-state index contributed by atoms with van der Waals surface area (Å²) >= 11 is 0. The van der Waals surface area contributed by atoms with Crippen molar-refractivity contribution >= 4 is 5.91 Å². The fourth-order valence-corrected chi connectivity index (χ4v) is 3.60. The van der Waals surface area contributed by atoms with Gasteiger partial charge in [0.1, 0.15) is 6.17 Å². The van der Waals surface area contributed by atoms with Gasteiger partial charge in [0.05, 0.1) is 12.6 Å². The van der Waals surface area contributed by atoms with Gasteiger partial charge in [-0.1, -0.05) is 30.3 Å². The first-order valence-electron chi connectivity index (χ1n) is 8.15. The summed E-state index contributed by atoms with van der Waals surface area (Å²) in [6.07, 6.45) is -1.70. The Morgan fingerprint density at radius 3 is 2.62 bits per heavy atom. The van der Waals surface area contributed by atoms with Gasteiger partial charge in [-0.2, -0.15) is 0 Å². The highest BCUT2D eigenvalue weighted by Gasteiger charge is 2.39. The minimum absolute atomic E-state index is 0.0467. The number of fused-ring (bicyclic) bond motifs is 1. The molecule has 0 spiro atoms. The van der Waals surface area contributed by atoms with Crippen molar-refractivity contribution in [3.05, 3.63) is 47.5 Å². The number of aromatic nitrogens is 3. The number of rotatable bonds is 2. The smallest absolute Gasteiger partial charge is 0.293 e. The molecule has 1 aromatic carbocycles. The van der Waals surface area contributed by atoms with Crippen LogP contribution in [0.2, 0.25) is 0 Å². The molecule has 2 aliphatic heterocycles. The number of hydrogen-bond donors (Lipinski definition) is 0. The van der Waals surface area contributed by atoms with E-state index >= 15 is 0 Å². The molecule has 0 bridgehead atoms. The maximum absolute atomic E-state index is 14.3. The van der Waals surface area contributed by atoms with Crippen molar-refractivity contribution in [2.24, 2.45) is 0 Å². The van der Waals surface area contributed by atoms with Crippen molar-refractivity contribution < 1.29 is 13.6 Å². The molecule has 4 rings (SSSR count). The predicted molar refractivity (Wildman–Crippen MR) is 83.1 cm³/mol. The van der Waals surface area contributed by atoms with E-state index in [4.69, 9.17) is 0 Å². The Balaban J connectivity index is 1.65. The molecule has 3 heterocycles. The molecule has 0 N–H and O–H groups in total. The fraction of sp³-hybridized carbons (Fsp3) is 0.471. The number of likely N-dealkylation sites (tertiary alicyclic amines) is 1. The standard InChI is InChI=1S/C17H18F2N4O/c1-10-7-12(18)9-22(10)17(24)15-20-16-13(19)8-14(23(16)21-15)11-5-3-2-4-6-11/h2-6,10,12-14H,7-9H2,1H3/t10-,12+,13+,14+/m1/s1. The Bertz CT molecular complexity index is 763. The van der Waals surface area contributed by atoms with Crippen LogP contribution in [0, 0.1) is 0 Å². The lowest BCUT2D eigenvalue weighted by Gasteiger charge is -2.19. The van der Waals surface area contributed by atoms with E-state index in [0.29, 0.717) is 6.42 Å². The van der Waals surface area contributed by atoms with Gasteiger partial charge in [-0.05, 0) is 12.5 Å². The van der Waals surface area contributed by atoms with Crippen LogP contribution < -0.4 is 0 Å². The molecule has 0 unspecified atom stereocenters. The van der Waals surface area contributed by atoms with Crippen molar-refractivity contribution in [3.8, 4) is 0 Å². The SMILES string of the molecule is C[C@@H]1C[C@H](F)CN1C(=O)c1nc2n(n1)[C@H](c1ccccc1)C[C@@H]2F. The maximum atomic E-state index is 14.3. The molecule has 0 radical (unpaired) electrons. The maximum Gasteiger partial charge on any atom is 0.293 e. The van der Waals surface area contributed by atoms with E-state index in [1.54, 1.807) is 6.92 Å². The van der Waals surface area contributed by atoms with E-state index in [2.05, 4.69) is 10.1 Å². The summed E-state index contributed by atoms with van der Waals surface area (Å²) in [6, 6.07) is 9.02. The lowest BCUT2D eigenvalue weighted by atomic mass is 10.0. The monoisotopic (exact) mass is 332 g/mol. The van der Waals surface area contributed by atoms with Crippen LogP contribution in [-0.4, -0.2) is 44.3 Å². The first kappa shape index (κ1) is 15.2. The van der Waals surface area contributed by atoms with Crippen molar-refractivity contribution in [1.29, 1.82) is 0 Å². The van der Waals surface area contributed by atoms with Crippen molar-refractivity contribution in [2.45, 2.75) is 44.2 Å². The lowest BCUT2D eigenvalue weighted by Crippen LogP contribution is -2.35. The molecule has 24 heavy (non-hydrogen) atoms. The molecule has 0 saturated carbocycles. The van der Waals surface area contributed by atoms with Gasteiger partial charge in [0, 0.05) is 18.9 Å². The van der Waals surface area contributed by atoms with Crippen LogP contribution in [0.15, 0.2) is 30.3 Å². The van der Waals surface area contributed by atoms with E-state index in [1.165, 1.54) is 9.58 Å². The van der Waals surface area contributed by atoms with Crippen LogP contribution in [0.1, 0.15) is 54.0 Å². The molecule has 126 valence electrons. The number of amides is 1. The zero-order valence-electron chi connectivity index (χ0n) is 13.3. The van der Waals surface area contributed by atoms with Gasteiger partial charge in [-0.15, -0.1) is 5.10 Å². The van der Waals surface area contributed by atoms with Crippen LogP contribution in [0.4, 0.5) is 8.78 Å². The normalized spacial score (nSPS) is 29.0. The summed E-state index contributed by atoms with van der Waals surface area (Å²) < 4.78 is 29.3. The second-order valence-electron chi connectivity index (χ2n) is 6.51. The van der Waals surface area contributed by atoms with Crippen LogP contribution in [0.3, 0.4) is 0 Å². The van der Waals surface area contributed by atoms with Gasteiger partial charge >= 0.3 is 0 Å². The molecule has 2 aromatic rings. The molecule has 7 heteroatoms. The molecule has 5 nitrogen and oxygen atoms in total. The highest BCUT2D eigenvalue weighted by Crippen LogP contribution is 2.39. The average Bonchev–Trinajstić information content (AvgIpc) is 3.23. The van der Waals surface area contributed by atoms with E-state index in [1.807, 2.05) is 30.3 Å². The Morgan fingerprint density at radius 2 is 1.96 bits per heavy atom. The van der Waals surface area contributed by atoms with Gasteiger partial charge in [-0.3, -0.25) is 4.79 Å². The Kier molecular flexibility index (Phi) is 3.58. The van der Waals surface area contributed by atoms with E-state index in [0.717, 1.165) is 5.56 Å². The number of carbonyl (C=O) groups excluding carboxylic acids is 1. The van der Waals surface area contributed by atoms with Crippen molar-refractivity contribution in [3.63, 3.8) is 0 Å². The van der Waals surface area contributed by atoms with Crippen LogP contribution >= 0.6 is 0 Å². The third-order valence-electron chi connectivity index (χ3n) is 4.82. The number of benzene rings is 1. The van der Waals surface area contributed by atoms with Gasteiger partial charge in [0.25, 0.3) is 5.91 Å². The molecule has 1 fully saturated rings. The van der Waals surface area contributed by atoms with Crippen LogP contribution in [0.25, 0.3) is 0 Å². The van der Waals surface area contributed by atoms with E-state index < -0.39 is 18.3 Å². The molecule has 1 aromatic heterocycles. The van der Waals surface area contributed by atoms with Gasteiger partial charge < -0.3 is 4.90 Å². The summed E-state index contributed by atoms with van der Waals surface area (Å²) in [5, 5.41) is 4.25. The van der Waals surface area contributed by atoms with Crippen molar-refractivity contribution in [2.75, 3.05) is 6.54 Å². The zero-order valence-corrected chi connectivity index (χ0v) is 13.3. The number of alkyl halides is 2. The first-order chi connectivity index (χ1) is 11.5. The highest BCUT2D eigenvalue weighted by molar-refractivity contribution is 5.91. The fourth-order valence-electron chi connectivity index (χ4n) is 3.60. The van der Waals surface area contributed by atoms with Gasteiger partial charge in [0.2, 0.25) is 5.82 Å². The van der Waals surface area contributed by atoms with Crippen molar-refractivity contribution in [1.82, 2.24) is 19.7 Å². The van der Waals surface area contributed by atoms with Crippen LogP contribution in [0.5, 0.6) is 0 Å². The summed E-state index contributed by atoms with van der Waals surface area (Å²) in [6.45, 7) is 1.84. The number of halogens is 2. The number of carbonyl (C=O) groups is 1. The zero-order chi connectivity index (χ0) is 16.8. The molecule has 4 atom stereocenters. The number of nitrogens with zero attached hydrogens (tertiary/aromatic N) is 4. The van der Waals surface area contributed by atoms with Crippen LogP contribution in [-0.2, 0) is 0 Å². The average molecular weight is 332 g/mol. The number of hydrogen-bond acceptors (Lipinski definition) is 3. The predicted octanol–water partition coefficient (Wildman–Crippen LogP) is 2.85. The third kappa shape index (κ3) is 2.39. The second-order valence-corrected chi connectivity index (χ2v) is 6.51. The Labute approximate surface area is 138 Å². The third-order valence-corrected chi connectivity index (χ3v) is 4.82. The Morgan fingerprint density at radius 1 is 1.21 bits per heavy atom. The second kappa shape index (κ2) is 5.65. The molecular weight excluding hydrogens is 314 g/mol. The first-order valence-corrected chi connectivity index (χ1v) is 8.15. The highest BCUT2D eigenvalue weighted by atomic mass is 19.1. The lowest BCUT2D eigenvalue weighted by molar-refractivity contribution is 0.0726. The summed E-state index contributed by atoms with van der Waals surface area (Å²) in [4.78, 5) is 18.1. The topological polar surface area (TPSA) is 51.0 Å². The van der Waals surface area contributed by atoms with E-state index in [9.17, 15) is 13.6 Å². The largest absolute Gasteiger partial charge is 0.330 e. The van der Waals surface area contributed by atoms with Gasteiger partial charge in [0.15, 0.2) is 12.0 Å². The molecular formula is C17H18F2N4O. The summed E-state index contributed by atoms with van der Waals surface area (Å²) in [5.74, 6) is -0.298. The summed E-state index contributed by atoms with van der Waals surface area (Å²) in [7, 11) is 0.